The molecule has 1 aromatic rings. The highest BCUT2D eigenvalue weighted by atomic mass is 32.2. The van der Waals surface area contributed by atoms with Crippen LogP contribution in [0.3, 0.4) is 0 Å². The van der Waals surface area contributed by atoms with Gasteiger partial charge in [-0.15, -0.1) is 0 Å². The molecule has 0 aliphatic heterocycles. The number of aromatic nitrogens is 2. The van der Waals surface area contributed by atoms with Gasteiger partial charge in [-0.3, -0.25) is 0 Å². The van der Waals surface area contributed by atoms with Crippen molar-refractivity contribution in [1.29, 1.82) is 0 Å². The molecule has 0 aromatic carbocycles. The Bertz CT molecular complexity index is 533. The van der Waals surface area contributed by atoms with Gasteiger partial charge in [-0.25, -0.2) is 26.5 Å². The molecule has 0 bridgehead atoms. The standard InChI is InChI=1S/C8H15N3O4S2/c1-16(12,13)6-7-17(14,15)11-3-2-8-9-4-5-10-8/h4-5,11H,2-3,6-7H2,1H3,(H,9,10). The third-order valence-corrected chi connectivity index (χ3v) is 4.55. The lowest BCUT2D eigenvalue weighted by Gasteiger charge is -2.04. The third-order valence-electron chi connectivity index (χ3n) is 1.96. The minimum atomic E-state index is -3.54. The topological polar surface area (TPSA) is 109 Å². The Kier molecular flexibility index (Phi) is 4.66. The number of nitrogens with zero attached hydrogens (tertiary/aromatic N) is 1. The van der Waals surface area contributed by atoms with Crippen molar-refractivity contribution in [2.45, 2.75) is 6.42 Å². The number of hydrogen-bond acceptors (Lipinski definition) is 5. The molecule has 9 heteroatoms. The summed E-state index contributed by atoms with van der Waals surface area (Å²) in [4.78, 5) is 6.77. The highest BCUT2D eigenvalue weighted by molar-refractivity contribution is 7.93. The zero-order valence-electron chi connectivity index (χ0n) is 9.38. The molecule has 2 N–H and O–H groups in total. The van der Waals surface area contributed by atoms with E-state index in [9.17, 15) is 16.8 Å². The van der Waals surface area contributed by atoms with Gasteiger partial charge >= 0.3 is 0 Å². The summed E-state index contributed by atoms with van der Waals surface area (Å²) >= 11 is 0. The Morgan fingerprint density at radius 3 is 2.53 bits per heavy atom. The molecular weight excluding hydrogens is 266 g/mol. The van der Waals surface area contributed by atoms with E-state index < -0.39 is 25.6 Å². The Morgan fingerprint density at radius 2 is 2.00 bits per heavy atom. The second kappa shape index (κ2) is 5.61. The fourth-order valence-corrected chi connectivity index (χ4v) is 3.74. The van der Waals surface area contributed by atoms with Crippen LogP contribution < -0.4 is 4.72 Å². The van der Waals surface area contributed by atoms with Crippen molar-refractivity contribution >= 4 is 19.9 Å². The summed E-state index contributed by atoms with van der Waals surface area (Å²) in [7, 11) is -6.80. The first-order valence-corrected chi connectivity index (χ1v) is 8.63. The van der Waals surface area contributed by atoms with E-state index in [1.807, 2.05) is 0 Å². The zero-order chi connectivity index (χ0) is 12.9. The fraction of sp³-hybridized carbons (Fsp3) is 0.625. The molecular formula is C8H15N3O4S2. The van der Waals surface area contributed by atoms with Crippen molar-refractivity contribution in [1.82, 2.24) is 14.7 Å². The van der Waals surface area contributed by atoms with Crippen LogP contribution in [0.4, 0.5) is 0 Å². The maximum atomic E-state index is 11.4. The molecule has 98 valence electrons. The second-order valence-electron chi connectivity index (χ2n) is 3.63. The molecule has 0 aliphatic carbocycles. The summed E-state index contributed by atoms with van der Waals surface area (Å²) in [6, 6.07) is 0. The van der Waals surface area contributed by atoms with Crippen LogP contribution in [0.5, 0.6) is 0 Å². The van der Waals surface area contributed by atoms with Crippen LogP contribution in [0, 0.1) is 0 Å². The molecule has 0 saturated carbocycles. The largest absolute Gasteiger partial charge is 0.349 e. The Morgan fingerprint density at radius 1 is 1.29 bits per heavy atom. The second-order valence-corrected chi connectivity index (χ2v) is 7.82. The molecule has 7 nitrogen and oxygen atoms in total. The van der Waals surface area contributed by atoms with E-state index in [-0.39, 0.29) is 12.3 Å². The highest BCUT2D eigenvalue weighted by Gasteiger charge is 2.13. The van der Waals surface area contributed by atoms with Crippen molar-refractivity contribution in [3.8, 4) is 0 Å². The summed E-state index contributed by atoms with van der Waals surface area (Å²) in [5.74, 6) is -0.108. The number of H-pyrrole nitrogens is 1. The highest BCUT2D eigenvalue weighted by Crippen LogP contribution is 1.92. The van der Waals surface area contributed by atoms with Gasteiger partial charge in [0.1, 0.15) is 15.7 Å². The third kappa shape index (κ3) is 6.39. The molecule has 0 atom stereocenters. The maximum absolute atomic E-state index is 11.4. The first-order valence-electron chi connectivity index (χ1n) is 4.92. The summed E-state index contributed by atoms with van der Waals surface area (Å²) < 4.78 is 46.8. The van der Waals surface area contributed by atoms with Crippen molar-refractivity contribution in [2.24, 2.45) is 0 Å². The molecule has 0 unspecified atom stereocenters. The Hall–Kier alpha value is -0.930. The van der Waals surface area contributed by atoms with Gasteiger partial charge in [0, 0.05) is 31.6 Å². The van der Waals surface area contributed by atoms with Gasteiger partial charge in [0.15, 0.2) is 0 Å². The predicted molar refractivity (Wildman–Crippen MR) is 63.8 cm³/mol. The smallest absolute Gasteiger partial charge is 0.212 e. The van der Waals surface area contributed by atoms with E-state index in [1.54, 1.807) is 12.4 Å². The molecule has 1 rings (SSSR count). The van der Waals surface area contributed by atoms with Gasteiger partial charge in [0.05, 0.1) is 11.5 Å². The SMILES string of the molecule is CS(=O)(=O)CCS(=O)(=O)NCCc1ncc[nH]1. The van der Waals surface area contributed by atoms with E-state index in [0.29, 0.717) is 12.2 Å². The minimum absolute atomic E-state index is 0.194. The van der Waals surface area contributed by atoms with Gasteiger partial charge in [0.25, 0.3) is 0 Å². The Balaban J connectivity index is 2.35. The van der Waals surface area contributed by atoms with Gasteiger partial charge in [-0.2, -0.15) is 0 Å². The number of sulfonamides is 1. The number of rotatable bonds is 7. The molecule has 0 saturated heterocycles. The quantitative estimate of drug-likeness (QED) is 0.660. The zero-order valence-corrected chi connectivity index (χ0v) is 11.0. The van der Waals surface area contributed by atoms with Crippen LogP contribution >= 0.6 is 0 Å². The van der Waals surface area contributed by atoms with E-state index in [2.05, 4.69) is 14.7 Å². The molecule has 0 spiro atoms. The van der Waals surface area contributed by atoms with Crippen molar-refractivity contribution < 1.29 is 16.8 Å². The predicted octanol–water partition coefficient (Wildman–Crippen LogP) is -1.08. The summed E-state index contributed by atoms with van der Waals surface area (Å²) in [6.07, 6.45) is 4.66. The average Bonchev–Trinajstić information content (AvgIpc) is 2.67. The van der Waals surface area contributed by atoms with Crippen LogP contribution in [-0.2, 0) is 26.3 Å². The number of sulfone groups is 1. The lowest BCUT2D eigenvalue weighted by Crippen LogP contribution is -2.31. The van der Waals surface area contributed by atoms with Gasteiger partial charge in [0.2, 0.25) is 10.0 Å². The molecule has 0 radical (unpaired) electrons. The number of aromatic amines is 1. The monoisotopic (exact) mass is 281 g/mol. The molecule has 0 aliphatic rings. The lowest BCUT2D eigenvalue weighted by molar-refractivity contribution is 0.578. The van der Waals surface area contributed by atoms with Crippen LogP contribution in [0.25, 0.3) is 0 Å². The van der Waals surface area contributed by atoms with Gasteiger partial charge in [-0.05, 0) is 0 Å². The Labute approximate surface area is 101 Å². The van der Waals surface area contributed by atoms with Crippen LogP contribution in [0.1, 0.15) is 5.82 Å². The first kappa shape index (κ1) is 14.1. The van der Waals surface area contributed by atoms with E-state index >= 15 is 0 Å². The van der Waals surface area contributed by atoms with Gasteiger partial charge < -0.3 is 4.98 Å². The van der Waals surface area contributed by atoms with E-state index in [4.69, 9.17) is 0 Å². The molecule has 0 fully saturated rings. The van der Waals surface area contributed by atoms with Gasteiger partial charge in [-0.1, -0.05) is 0 Å². The van der Waals surface area contributed by atoms with Crippen molar-refractivity contribution in [3.63, 3.8) is 0 Å². The number of hydrogen-bond donors (Lipinski definition) is 2. The summed E-state index contributed by atoms with van der Waals surface area (Å²) in [5, 5.41) is 0. The fourth-order valence-electron chi connectivity index (χ4n) is 1.09. The first-order chi connectivity index (χ1) is 7.79. The number of imidazole rings is 1. The van der Waals surface area contributed by atoms with E-state index in [1.165, 1.54) is 0 Å². The summed E-state index contributed by atoms with van der Waals surface area (Å²) in [6.45, 7) is 0.194. The van der Waals surface area contributed by atoms with Crippen molar-refractivity contribution in [2.75, 3.05) is 24.3 Å². The molecule has 1 heterocycles. The summed E-state index contributed by atoms with van der Waals surface area (Å²) in [5.41, 5.74) is 0. The average molecular weight is 281 g/mol. The molecule has 0 amide bonds. The molecule has 17 heavy (non-hydrogen) atoms. The van der Waals surface area contributed by atoms with Crippen LogP contribution in [-0.4, -0.2) is 51.1 Å². The lowest BCUT2D eigenvalue weighted by atomic mass is 10.4. The van der Waals surface area contributed by atoms with Crippen LogP contribution in [0.15, 0.2) is 12.4 Å². The normalized spacial score (nSPS) is 12.8. The van der Waals surface area contributed by atoms with E-state index in [0.717, 1.165) is 6.26 Å². The minimum Gasteiger partial charge on any atom is -0.349 e. The van der Waals surface area contributed by atoms with Crippen LogP contribution in [0.2, 0.25) is 0 Å². The van der Waals surface area contributed by atoms with Crippen molar-refractivity contribution in [3.05, 3.63) is 18.2 Å². The molecule has 1 aromatic heterocycles. The number of nitrogens with one attached hydrogen (secondary N) is 2. The maximum Gasteiger partial charge on any atom is 0.212 e.